The molecule has 2 aromatic carbocycles. The molecule has 0 unspecified atom stereocenters. The van der Waals surface area contributed by atoms with Gasteiger partial charge in [0.1, 0.15) is 11.4 Å². The van der Waals surface area contributed by atoms with Crippen LogP contribution in [-0.2, 0) is 20.9 Å². The van der Waals surface area contributed by atoms with Crippen LogP contribution in [0.2, 0.25) is 0 Å². The van der Waals surface area contributed by atoms with E-state index in [9.17, 15) is 9.59 Å². The summed E-state index contributed by atoms with van der Waals surface area (Å²) in [5.74, 6) is 1.69. The summed E-state index contributed by atoms with van der Waals surface area (Å²) in [5.41, 5.74) is 1.88. The Morgan fingerprint density at radius 3 is 2.35 bits per heavy atom. The Morgan fingerprint density at radius 2 is 1.70 bits per heavy atom. The number of nitrogens with zero attached hydrogens (tertiary/aromatic N) is 3. The van der Waals surface area contributed by atoms with Crippen molar-refractivity contribution in [2.75, 3.05) is 46.4 Å². The van der Waals surface area contributed by atoms with Crippen LogP contribution in [0.5, 0.6) is 5.75 Å². The van der Waals surface area contributed by atoms with Gasteiger partial charge in [-0.25, -0.2) is 4.79 Å². The SMILES string of the molecule is COc1ccc(CN2CC3(CCN(C[C@H]4CN(OC(=O)OC(C)(C)C)C[C@@H]4c4ccccc4)CC3)CC2=O)cc1. The number of piperidine rings is 1. The number of hydrogen-bond donors (Lipinski definition) is 0. The molecular weight excluding hydrogens is 506 g/mol. The molecule has 8 nitrogen and oxygen atoms in total. The maximum Gasteiger partial charge on any atom is 0.528 e. The van der Waals surface area contributed by atoms with Crippen LogP contribution in [-0.4, -0.2) is 78.9 Å². The molecule has 3 fully saturated rings. The van der Waals surface area contributed by atoms with E-state index in [1.165, 1.54) is 5.56 Å². The fourth-order valence-electron chi connectivity index (χ4n) is 6.50. The summed E-state index contributed by atoms with van der Waals surface area (Å²) in [4.78, 5) is 35.5. The summed E-state index contributed by atoms with van der Waals surface area (Å²) >= 11 is 0. The van der Waals surface area contributed by atoms with E-state index in [1.807, 2.05) is 56.0 Å². The largest absolute Gasteiger partial charge is 0.528 e. The molecule has 0 saturated carbocycles. The molecule has 0 aliphatic carbocycles. The highest BCUT2D eigenvalue weighted by atomic mass is 16.8. The highest BCUT2D eigenvalue weighted by molar-refractivity contribution is 5.79. The summed E-state index contributed by atoms with van der Waals surface area (Å²) in [6, 6.07) is 18.5. The second kappa shape index (κ2) is 11.8. The highest BCUT2D eigenvalue weighted by Crippen LogP contribution is 2.42. The molecule has 3 heterocycles. The number of likely N-dealkylation sites (tertiary alicyclic amines) is 2. The molecular formula is C32H43N3O5. The molecule has 3 saturated heterocycles. The van der Waals surface area contributed by atoms with Gasteiger partial charge in [-0.05, 0) is 81.3 Å². The van der Waals surface area contributed by atoms with Crippen LogP contribution < -0.4 is 4.74 Å². The monoisotopic (exact) mass is 549 g/mol. The Labute approximate surface area is 238 Å². The first-order chi connectivity index (χ1) is 19.1. The van der Waals surface area contributed by atoms with Gasteiger partial charge in [-0.2, -0.15) is 0 Å². The van der Waals surface area contributed by atoms with E-state index >= 15 is 0 Å². The van der Waals surface area contributed by atoms with Crippen molar-refractivity contribution in [2.24, 2.45) is 11.3 Å². The Bertz CT molecular complexity index is 1160. The molecule has 1 spiro atoms. The molecule has 3 aliphatic heterocycles. The third-order valence-electron chi connectivity index (χ3n) is 8.58. The number of hydroxylamine groups is 2. The molecule has 0 aromatic heterocycles. The third kappa shape index (κ3) is 6.96. The van der Waals surface area contributed by atoms with Crippen LogP contribution in [0.25, 0.3) is 0 Å². The van der Waals surface area contributed by atoms with Crippen molar-refractivity contribution in [2.45, 2.75) is 58.1 Å². The van der Waals surface area contributed by atoms with Crippen molar-refractivity contribution < 1.29 is 23.9 Å². The lowest BCUT2D eigenvalue weighted by Gasteiger charge is -2.40. The standard InChI is InChI=1S/C32H43N3O5/c1-31(2,3)39-30(37)40-35-21-26(28(22-35)25-8-6-5-7-9-25)20-33-16-14-32(15-17-33)18-29(36)34(23-32)19-24-10-12-27(38-4)13-11-24/h5-13,26,28H,14-23H2,1-4H3/t26-,28+/m0/s1. The predicted octanol–water partition coefficient (Wildman–Crippen LogP) is 5.09. The van der Waals surface area contributed by atoms with Gasteiger partial charge in [-0.15, -0.1) is 5.06 Å². The van der Waals surface area contributed by atoms with Gasteiger partial charge < -0.3 is 24.1 Å². The van der Waals surface area contributed by atoms with Gasteiger partial charge in [-0.1, -0.05) is 42.5 Å². The van der Waals surface area contributed by atoms with Crippen LogP contribution in [0.15, 0.2) is 54.6 Å². The topological polar surface area (TPSA) is 71.6 Å². The zero-order chi connectivity index (χ0) is 28.3. The molecule has 0 radical (unpaired) electrons. The maximum atomic E-state index is 13.0. The van der Waals surface area contributed by atoms with E-state index in [0.717, 1.165) is 50.3 Å². The van der Waals surface area contributed by atoms with Crippen molar-refractivity contribution in [3.63, 3.8) is 0 Å². The minimum absolute atomic E-state index is 0.0699. The Balaban J connectivity index is 1.17. The summed E-state index contributed by atoms with van der Waals surface area (Å²) in [5, 5.41) is 1.77. The number of benzene rings is 2. The van der Waals surface area contributed by atoms with Crippen molar-refractivity contribution in [1.29, 1.82) is 0 Å². The molecule has 216 valence electrons. The highest BCUT2D eigenvalue weighted by Gasteiger charge is 2.46. The van der Waals surface area contributed by atoms with E-state index in [0.29, 0.717) is 32.0 Å². The van der Waals surface area contributed by atoms with Gasteiger partial charge in [-0.3, -0.25) is 4.79 Å². The number of amides is 1. The smallest absolute Gasteiger partial charge is 0.497 e. The van der Waals surface area contributed by atoms with Crippen LogP contribution in [0, 0.1) is 11.3 Å². The minimum Gasteiger partial charge on any atom is -0.497 e. The van der Waals surface area contributed by atoms with E-state index in [2.05, 4.69) is 29.2 Å². The Hall–Kier alpha value is -3.10. The van der Waals surface area contributed by atoms with Gasteiger partial charge in [0.25, 0.3) is 0 Å². The summed E-state index contributed by atoms with van der Waals surface area (Å²) in [6.45, 7) is 11.2. The molecule has 1 amide bonds. The summed E-state index contributed by atoms with van der Waals surface area (Å²) in [7, 11) is 1.66. The average Bonchev–Trinajstić information content (AvgIpc) is 3.44. The second-order valence-corrected chi connectivity index (χ2v) is 12.8. The van der Waals surface area contributed by atoms with Gasteiger partial charge in [0, 0.05) is 45.1 Å². The molecule has 8 heteroatoms. The predicted molar refractivity (Wildman–Crippen MR) is 153 cm³/mol. The zero-order valence-electron chi connectivity index (χ0n) is 24.3. The van der Waals surface area contributed by atoms with Crippen molar-refractivity contribution >= 4 is 12.1 Å². The molecule has 5 rings (SSSR count). The van der Waals surface area contributed by atoms with Crippen molar-refractivity contribution in [1.82, 2.24) is 14.9 Å². The first-order valence-corrected chi connectivity index (χ1v) is 14.5. The van der Waals surface area contributed by atoms with Crippen LogP contribution in [0.3, 0.4) is 0 Å². The zero-order valence-corrected chi connectivity index (χ0v) is 24.3. The van der Waals surface area contributed by atoms with E-state index < -0.39 is 11.8 Å². The first kappa shape index (κ1) is 28.4. The number of carbonyl (C=O) groups is 2. The normalized spacial score (nSPS) is 23.5. The lowest BCUT2D eigenvalue weighted by Crippen LogP contribution is -2.44. The average molecular weight is 550 g/mol. The molecule has 0 bridgehead atoms. The fourth-order valence-corrected chi connectivity index (χ4v) is 6.50. The molecule has 2 atom stereocenters. The second-order valence-electron chi connectivity index (χ2n) is 12.8. The van der Waals surface area contributed by atoms with Gasteiger partial charge >= 0.3 is 6.16 Å². The molecule has 40 heavy (non-hydrogen) atoms. The first-order valence-electron chi connectivity index (χ1n) is 14.5. The molecule has 2 aromatic rings. The van der Waals surface area contributed by atoms with Crippen molar-refractivity contribution in [3.8, 4) is 5.75 Å². The number of ether oxygens (including phenoxy) is 2. The Kier molecular flexibility index (Phi) is 8.38. The number of rotatable bonds is 7. The Morgan fingerprint density at radius 1 is 1.00 bits per heavy atom. The van der Waals surface area contributed by atoms with Crippen molar-refractivity contribution in [3.05, 3.63) is 65.7 Å². The number of methoxy groups -OCH3 is 1. The summed E-state index contributed by atoms with van der Waals surface area (Å²) in [6.07, 6.45) is 2.05. The van der Waals surface area contributed by atoms with E-state index in [-0.39, 0.29) is 17.2 Å². The minimum atomic E-state index is -0.648. The van der Waals surface area contributed by atoms with Crippen LogP contribution in [0.4, 0.5) is 4.79 Å². The number of carbonyl (C=O) groups excluding carboxylic acids is 2. The number of hydrogen-bond acceptors (Lipinski definition) is 7. The molecule has 0 N–H and O–H groups in total. The van der Waals surface area contributed by atoms with E-state index in [4.69, 9.17) is 14.3 Å². The van der Waals surface area contributed by atoms with Crippen LogP contribution in [0.1, 0.15) is 57.1 Å². The van der Waals surface area contributed by atoms with Crippen LogP contribution >= 0.6 is 0 Å². The third-order valence-corrected chi connectivity index (χ3v) is 8.58. The fraction of sp³-hybridized carbons (Fsp3) is 0.562. The van der Waals surface area contributed by atoms with Gasteiger partial charge in [0.05, 0.1) is 7.11 Å². The molecule has 3 aliphatic rings. The lowest BCUT2D eigenvalue weighted by molar-refractivity contribution is -0.132. The maximum absolute atomic E-state index is 13.0. The van der Waals surface area contributed by atoms with E-state index in [1.54, 1.807) is 12.2 Å². The summed E-state index contributed by atoms with van der Waals surface area (Å²) < 4.78 is 10.7. The lowest BCUT2D eigenvalue weighted by atomic mass is 9.77. The van der Waals surface area contributed by atoms with Gasteiger partial charge in [0.15, 0.2) is 0 Å². The van der Waals surface area contributed by atoms with Gasteiger partial charge in [0.2, 0.25) is 5.91 Å². The quantitative estimate of drug-likeness (QED) is 0.446.